The Bertz CT molecular complexity index is 1170. The number of para-hydroxylation sites is 1. The second kappa shape index (κ2) is 10.0. The molecule has 2 aromatic heterocycles. The van der Waals surface area contributed by atoms with Gasteiger partial charge in [-0.3, -0.25) is 4.98 Å². The van der Waals surface area contributed by atoms with Crippen molar-refractivity contribution in [2.75, 3.05) is 11.3 Å². The van der Waals surface area contributed by atoms with Gasteiger partial charge in [-0.1, -0.05) is 24.3 Å². The van der Waals surface area contributed by atoms with E-state index >= 15 is 0 Å². The molecule has 0 unspecified atom stereocenters. The molecule has 0 aliphatic heterocycles. The fraction of sp³-hybridized carbons (Fsp3) is 0.167. The molecule has 32 heavy (non-hydrogen) atoms. The summed E-state index contributed by atoms with van der Waals surface area (Å²) in [6.07, 6.45) is -1.71. The predicted octanol–water partition coefficient (Wildman–Crippen LogP) is 6.10. The van der Waals surface area contributed by atoms with Crippen LogP contribution in [-0.4, -0.2) is 16.5 Å². The Morgan fingerprint density at radius 2 is 1.69 bits per heavy atom. The molecule has 0 aliphatic rings. The summed E-state index contributed by atoms with van der Waals surface area (Å²) < 4.78 is 41.4. The normalized spacial score (nSPS) is 11.6. The average Bonchev–Trinajstić information content (AvgIpc) is 2.81. The fourth-order valence-corrected chi connectivity index (χ4v) is 3.84. The van der Waals surface area contributed by atoms with Crippen LogP contribution in [0.15, 0.2) is 83.9 Å². The quantitative estimate of drug-likeness (QED) is 0.249. The van der Waals surface area contributed by atoms with E-state index < -0.39 is 11.7 Å². The minimum atomic E-state index is -4.34. The highest BCUT2D eigenvalue weighted by Gasteiger charge is 2.29. The highest BCUT2D eigenvalue weighted by atomic mass is 32.2. The van der Waals surface area contributed by atoms with Gasteiger partial charge in [-0.25, -0.2) is 4.98 Å². The fourth-order valence-electron chi connectivity index (χ4n) is 3.17. The largest absolute Gasteiger partial charge is 0.416 e. The number of nitrogens with zero attached hydrogens (tertiary/aromatic N) is 2. The summed E-state index contributed by atoms with van der Waals surface area (Å²) in [6.45, 7) is 1.42. The zero-order valence-electron chi connectivity index (χ0n) is 17.1. The summed E-state index contributed by atoms with van der Waals surface area (Å²) in [5, 5.41) is 4.38. The number of anilines is 1. The van der Waals surface area contributed by atoms with E-state index in [4.69, 9.17) is 4.98 Å². The van der Waals surface area contributed by atoms with E-state index in [1.165, 1.54) is 24.1 Å². The third kappa shape index (κ3) is 5.77. The number of hydrogen-bond donors (Lipinski definition) is 2. The molecular weight excluding hydrogens is 433 g/mol. The van der Waals surface area contributed by atoms with Crippen LogP contribution in [0, 0.1) is 0 Å². The lowest BCUT2D eigenvalue weighted by Crippen LogP contribution is -2.17. The van der Waals surface area contributed by atoms with E-state index in [9.17, 15) is 13.2 Å². The topological polar surface area (TPSA) is 49.8 Å². The smallest absolute Gasteiger partial charge is 0.324 e. The zero-order valence-corrected chi connectivity index (χ0v) is 17.9. The molecule has 2 N–H and O–H groups in total. The van der Waals surface area contributed by atoms with Crippen molar-refractivity contribution in [3.8, 4) is 0 Å². The average molecular weight is 455 g/mol. The van der Waals surface area contributed by atoms with E-state index in [0.29, 0.717) is 11.4 Å². The molecule has 164 valence electrons. The molecule has 0 spiro atoms. The first kappa shape index (κ1) is 22.1. The number of benzene rings is 2. The van der Waals surface area contributed by atoms with Gasteiger partial charge >= 0.3 is 6.18 Å². The number of rotatable bonds is 8. The molecule has 0 atom stereocenters. The van der Waals surface area contributed by atoms with Crippen molar-refractivity contribution in [1.82, 2.24) is 15.3 Å². The molecule has 2 heterocycles. The van der Waals surface area contributed by atoms with Crippen molar-refractivity contribution >= 4 is 28.5 Å². The molecule has 0 radical (unpaired) electrons. The molecule has 4 nitrogen and oxygen atoms in total. The van der Waals surface area contributed by atoms with Gasteiger partial charge in [-0.2, -0.15) is 13.2 Å². The van der Waals surface area contributed by atoms with E-state index in [0.717, 1.165) is 53.1 Å². The number of aromatic nitrogens is 2. The van der Waals surface area contributed by atoms with Gasteiger partial charge in [0.25, 0.3) is 0 Å². The van der Waals surface area contributed by atoms with Crippen LogP contribution in [0.3, 0.4) is 0 Å². The molecule has 2 aromatic carbocycles. The van der Waals surface area contributed by atoms with Crippen LogP contribution in [0.5, 0.6) is 0 Å². The summed E-state index contributed by atoms with van der Waals surface area (Å²) >= 11 is 1.25. The number of halogens is 3. The lowest BCUT2D eigenvalue weighted by atomic mass is 10.2. The lowest BCUT2D eigenvalue weighted by Gasteiger charge is -2.11. The van der Waals surface area contributed by atoms with Crippen molar-refractivity contribution in [2.45, 2.75) is 24.0 Å². The highest BCUT2D eigenvalue weighted by molar-refractivity contribution is 8.00. The summed E-state index contributed by atoms with van der Waals surface area (Å²) in [7, 11) is 0. The Balaban J connectivity index is 1.39. The summed E-state index contributed by atoms with van der Waals surface area (Å²) in [5.74, 6) is 0. The van der Waals surface area contributed by atoms with Gasteiger partial charge in [-0.05, 0) is 60.5 Å². The summed E-state index contributed by atoms with van der Waals surface area (Å²) in [5.41, 5.74) is 2.91. The zero-order chi connectivity index (χ0) is 22.4. The SMILES string of the molecule is FC(F)(F)c1ccc(SNc2cccc3ccc(CNCCc4ccccn4)nc23)cc1. The van der Waals surface area contributed by atoms with Crippen molar-refractivity contribution in [1.29, 1.82) is 0 Å². The summed E-state index contributed by atoms with van der Waals surface area (Å²) in [4.78, 5) is 9.77. The van der Waals surface area contributed by atoms with Gasteiger partial charge in [0.05, 0.1) is 22.5 Å². The van der Waals surface area contributed by atoms with E-state index in [1.807, 2.05) is 48.5 Å². The number of fused-ring (bicyclic) bond motifs is 1. The Hall–Kier alpha value is -3.10. The molecule has 0 aliphatic carbocycles. The number of pyridine rings is 2. The number of nitrogens with one attached hydrogen (secondary N) is 2. The maximum Gasteiger partial charge on any atom is 0.416 e. The minimum absolute atomic E-state index is 0.628. The minimum Gasteiger partial charge on any atom is -0.324 e. The summed E-state index contributed by atoms with van der Waals surface area (Å²) in [6, 6.07) is 20.8. The van der Waals surface area contributed by atoms with Gasteiger partial charge < -0.3 is 10.0 Å². The third-order valence-corrected chi connectivity index (χ3v) is 5.66. The van der Waals surface area contributed by atoms with Gasteiger partial charge in [0.2, 0.25) is 0 Å². The number of hydrogen-bond acceptors (Lipinski definition) is 5. The molecule has 0 saturated heterocycles. The molecule has 0 bridgehead atoms. The van der Waals surface area contributed by atoms with Crippen LogP contribution in [0.2, 0.25) is 0 Å². The second-order valence-electron chi connectivity index (χ2n) is 7.15. The van der Waals surface area contributed by atoms with Crippen molar-refractivity contribution in [2.24, 2.45) is 0 Å². The van der Waals surface area contributed by atoms with Crippen LogP contribution < -0.4 is 10.0 Å². The molecule has 0 amide bonds. The second-order valence-corrected chi connectivity index (χ2v) is 8.03. The number of alkyl halides is 3. The Labute approximate surface area is 188 Å². The van der Waals surface area contributed by atoms with Crippen LogP contribution in [0.1, 0.15) is 17.0 Å². The first-order valence-corrected chi connectivity index (χ1v) is 10.9. The van der Waals surface area contributed by atoms with E-state index in [1.54, 1.807) is 6.20 Å². The molecule has 0 fully saturated rings. The molecule has 4 rings (SSSR count). The Morgan fingerprint density at radius 1 is 0.844 bits per heavy atom. The van der Waals surface area contributed by atoms with Gasteiger partial charge in [0, 0.05) is 41.7 Å². The molecule has 4 aromatic rings. The van der Waals surface area contributed by atoms with Gasteiger partial charge in [0.1, 0.15) is 0 Å². The van der Waals surface area contributed by atoms with Crippen molar-refractivity contribution in [3.63, 3.8) is 0 Å². The monoisotopic (exact) mass is 454 g/mol. The van der Waals surface area contributed by atoms with Gasteiger partial charge in [-0.15, -0.1) is 0 Å². The van der Waals surface area contributed by atoms with Crippen LogP contribution in [-0.2, 0) is 19.1 Å². The highest BCUT2D eigenvalue weighted by Crippen LogP contribution is 2.32. The van der Waals surface area contributed by atoms with Gasteiger partial charge in [0.15, 0.2) is 0 Å². The van der Waals surface area contributed by atoms with Crippen LogP contribution >= 0.6 is 11.9 Å². The first-order valence-electron chi connectivity index (χ1n) is 10.1. The van der Waals surface area contributed by atoms with Crippen LogP contribution in [0.25, 0.3) is 10.9 Å². The molecule has 0 saturated carbocycles. The molecule has 8 heteroatoms. The van der Waals surface area contributed by atoms with E-state index in [-0.39, 0.29) is 0 Å². The van der Waals surface area contributed by atoms with Crippen molar-refractivity contribution < 1.29 is 13.2 Å². The Kier molecular flexibility index (Phi) is 6.92. The van der Waals surface area contributed by atoms with Crippen LogP contribution in [0.4, 0.5) is 18.9 Å². The standard InChI is InChI=1S/C24H21F3N4S/c25-24(26,27)18-8-11-21(12-9-18)32-31-22-6-3-4-17-7-10-20(30-23(17)22)16-28-15-13-19-5-1-2-14-29-19/h1-12,14,28,31H,13,15-16H2. The lowest BCUT2D eigenvalue weighted by molar-refractivity contribution is -0.137. The first-order chi connectivity index (χ1) is 15.5. The van der Waals surface area contributed by atoms with Crippen molar-refractivity contribution in [3.05, 3.63) is 95.9 Å². The van der Waals surface area contributed by atoms with E-state index in [2.05, 4.69) is 15.0 Å². The predicted molar refractivity (Wildman–Crippen MR) is 122 cm³/mol. The maximum atomic E-state index is 12.7. The third-order valence-electron chi connectivity index (χ3n) is 4.83. The maximum absolute atomic E-state index is 12.7. The Morgan fingerprint density at radius 3 is 2.44 bits per heavy atom. The molecular formula is C24H21F3N4S.